The third-order valence-electron chi connectivity index (χ3n) is 5.14. The van der Waals surface area contributed by atoms with Gasteiger partial charge in [-0.05, 0) is 36.2 Å². The number of nitrogens with one attached hydrogen (secondary N) is 1. The van der Waals surface area contributed by atoms with E-state index < -0.39 is 0 Å². The maximum absolute atomic E-state index is 13.8. The molecule has 1 heterocycles. The normalized spacial score (nSPS) is 14.5. The Kier molecular flexibility index (Phi) is 6.82. The molecule has 1 saturated heterocycles. The van der Waals surface area contributed by atoms with Gasteiger partial charge in [0.1, 0.15) is 0 Å². The van der Waals surface area contributed by atoms with Crippen LogP contribution in [0.2, 0.25) is 0 Å². The third kappa shape index (κ3) is 5.32. The molecule has 1 aliphatic heterocycles. The van der Waals surface area contributed by atoms with Gasteiger partial charge >= 0.3 is 0 Å². The lowest BCUT2D eigenvalue weighted by Gasteiger charge is -2.34. The van der Waals surface area contributed by atoms with Gasteiger partial charge in [0, 0.05) is 38.3 Å². The zero-order valence-electron chi connectivity index (χ0n) is 16.8. The molecule has 1 fully saturated rings. The molecule has 29 heavy (non-hydrogen) atoms. The van der Waals surface area contributed by atoms with E-state index in [0.29, 0.717) is 38.3 Å². The largest absolute Gasteiger partial charge is 0.494 e. The number of carbonyl (C=O) groups excluding carboxylic acids is 2. The molecule has 0 unspecified atom stereocenters. The van der Waals surface area contributed by atoms with Gasteiger partial charge in [-0.25, -0.2) is 4.39 Å². The summed E-state index contributed by atoms with van der Waals surface area (Å²) in [5.41, 5.74) is 2.33. The number of nitrogens with zero attached hydrogens (tertiary/aromatic N) is 2. The van der Waals surface area contributed by atoms with Gasteiger partial charge in [0.05, 0.1) is 13.7 Å². The number of aryl methyl sites for hydroxylation is 1. The summed E-state index contributed by atoms with van der Waals surface area (Å²) in [6.45, 7) is 5.03. The number of rotatable bonds is 6. The maximum atomic E-state index is 13.8. The molecule has 0 aromatic heterocycles. The minimum absolute atomic E-state index is 0.0170. The Morgan fingerprint density at radius 2 is 1.83 bits per heavy atom. The van der Waals surface area contributed by atoms with E-state index in [4.69, 9.17) is 4.74 Å². The Bertz CT molecular complexity index is 879. The van der Waals surface area contributed by atoms with Crippen LogP contribution in [0.3, 0.4) is 0 Å². The molecular weight excluding hydrogens is 373 g/mol. The predicted molar refractivity (Wildman–Crippen MR) is 108 cm³/mol. The molecule has 2 aromatic rings. The molecule has 0 spiro atoms. The van der Waals surface area contributed by atoms with Crippen LogP contribution in [0, 0.1) is 12.7 Å². The molecule has 0 aliphatic carbocycles. The van der Waals surface area contributed by atoms with Gasteiger partial charge in [-0.1, -0.05) is 24.3 Å². The average molecular weight is 399 g/mol. The van der Waals surface area contributed by atoms with Gasteiger partial charge in [0.15, 0.2) is 11.6 Å². The number of halogens is 1. The Morgan fingerprint density at radius 1 is 1.10 bits per heavy atom. The first-order valence-electron chi connectivity index (χ1n) is 9.64. The second-order valence-electron chi connectivity index (χ2n) is 7.12. The molecule has 154 valence electrons. The van der Waals surface area contributed by atoms with Crippen molar-refractivity contribution in [2.24, 2.45) is 0 Å². The fraction of sp³-hybridized carbons (Fsp3) is 0.364. The molecule has 1 aliphatic rings. The van der Waals surface area contributed by atoms with Crippen LogP contribution in [-0.2, 0) is 11.3 Å². The van der Waals surface area contributed by atoms with Crippen molar-refractivity contribution in [1.29, 1.82) is 0 Å². The van der Waals surface area contributed by atoms with Gasteiger partial charge in [0.25, 0.3) is 5.91 Å². The lowest BCUT2D eigenvalue weighted by molar-refractivity contribution is -0.131. The van der Waals surface area contributed by atoms with Gasteiger partial charge in [-0.15, -0.1) is 0 Å². The Morgan fingerprint density at radius 3 is 2.48 bits per heavy atom. The number of piperazine rings is 1. The Balaban J connectivity index is 1.45. The fourth-order valence-corrected chi connectivity index (χ4v) is 3.41. The van der Waals surface area contributed by atoms with Crippen molar-refractivity contribution < 1.29 is 18.7 Å². The maximum Gasteiger partial charge on any atom is 0.251 e. The van der Waals surface area contributed by atoms with Crippen LogP contribution in [0.5, 0.6) is 5.75 Å². The zero-order valence-corrected chi connectivity index (χ0v) is 16.8. The second kappa shape index (κ2) is 9.52. The van der Waals surface area contributed by atoms with E-state index in [-0.39, 0.29) is 29.9 Å². The number of methoxy groups -OCH3 is 1. The summed E-state index contributed by atoms with van der Waals surface area (Å²) in [5.74, 6) is -0.473. The molecule has 0 bridgehead atoms. The van der Waals surface area contributed by atoms with Gasteiger partial charge in [0.2, 0.25) is 5.91 Å². The van der Waals surface area contributed by atoms with Gasteiger partial charge < -0.3 is 15.0 Å². The summed E-state index contributed by atoms with van der Waals surface area (Å²) in [4.78, 5) is 28.6. The van der Waals surface area contributed by atoms with E-state index in [2.05, 4.69) is 10.2 Å². The molecule has 2 aromatic carbocycles. The summed E-state index contributed by atoms with van der Waals surface area (Å²) < 4.78 is 18.8. The summed E-state index contributed by atoms with van der Waals surface area (Å²) in [7, 11) is 1.44. The van der Waals surface area contributed by atoms with Crippen LogP contribution < -0.4 is 10.1 Å². The van der Waals surface area contributed by atoms with Crippen molar-refractivity contribution in [1.82, 2.24) is 15.1 Å². The SMILES string of the molecule is COc1ccc(CN2CCN(C(=O)CNC(=O)c3ccccc3C)CC2)cc1F. The fourth-order valence-electron chi connectivity index (χ4n) is 3.41. The van der Waals surface area contributed by atoms with Crippen molar-refractivity contribution >= 4 is 11.8 Å². The molecule has 7 heteroatoms. The van der Waals surface area contributed by atoms with Crippen molar-refractivity contribution in [3.05, 3.63) is 65.0 Å². The van der Waals surface area contributed by atoms with Crippen LogP contribution in [0.15, 0.2) is 42.5 Å². The van der Waals surface area contributed by atoms with E-state index in [1.54, 1.807) is 23.1 Å². The van der Waals surface area contributed by atoms with E-state index in [9.17, 15) is 14.0 Å². The van der Waals surface area contributed by atoms with Crippen LogP contribution in [0.1, 0.15) is 21.5 Å². The van der Waals surface area contributed by atoms with Crippen molar-refractivity contribution in [3.63, 3.8) is 0 Å². The van der Waals surface area contributed by atoms with Crippen LogP contribution in [-0.4, -0.2) is 61.4 Å². The van der Waals surface area contributed by atoms with E-state index in [1.165, 1.54) is 13.2 Å². The number of ether oxygens (including phenoxy) is 1. The number of benzene rings is 2. The Hall–Kier alpha value is -2.93. The molecule has 2 amide bonds. The van der Waals surface area contributed by atoms with Crippen molar-refractivity contribution in [2.45, 2.75) is 13.5 Å². The molecular formula is C22H26FN3O3. The van der Waals surface area contributed by atoms with E-state index in [1.807, 2.05) is 25.1 Å². The topological polar surface area (TPSA) is 61.9 Å². The Labute approximate surface area is 170 Å². The van der Waals surface area contributed by atoms with Gasteiger partial charge in [-0.2, -0.15) is 0 Å². The molecule has 0 saturated carbocycles. The van der Waals surface area contributed by atoms with E-state index >= 15 is 0 Å². The molecule has 0 radical (unpaired) electrons. The monoisotopic (exact) mass is 399 g/mol. The van der Waals surface area contributed by atoms with E-state index in [0.717, 1.165) is 11.1 Å². The summed E-state index contributed by atoms with van der Waals surface area (Å²) in [6.07, 6.45) is 0. The highest BCUT2D eigenvalue weighted by molar-refractivity contribution is 5.97. The molecule has 1 N–H and O–H groups in total. The quantitative estimate of drug-likeness (QED) is 0.809. The predicted octanol–water partition coefficient (Wildman–Crippen LogP) is 2.22. The zero-order chi connectivity index (χ0) is 20.8. The number of hydrogen-bond donors (Lipinski definition) is 1. The highest BCUT2D eigenvalue weighted by Gasteiger charge is 2.22. The first-order valence-corrected chi connectivity index (χ1v) is 9.64. The summed E-state index contributed by atoms with van der Waals surface area (Å²) >= 11 is 0. The molecule has 6 nitrogen and oxygen atoms in total. The highest BCUT2D eigenvalue weighted by atomic mass is 19.1. The first kappa shape index (κ1) is 20.8. The van der Waals surface area contributed by atoms with Gasteiger partial charge in [-0.3, -0.25) is 14.5 Å². The van der Waals surface area contributed by atoms with Crippen molar-refractivity contribution in [2.75, 3.05) is 39.8 Å². The van der Waals surface area contributed by atoms with Crippen LogP contribution in [0.25, 0.3) is 0 Å². The minimum Gasteiger partial charge on any atom is -0.494 e. The standard InChI is InChI=1S/C22H26FN3O3/c1-16-5-3-4-6-18(16)22(28)24-14-21(27)26-11-9-25(10-12-26)15-17-7-8-20(29-2)19(23)13-17/h3-8,13H,9-12,14-15H2,1-2H3,(H,24,28). The highest BCUT2D eigenvalue weighted by Crippen LogP contribution is 2.19. The third-order valence-corrected chi connectivity index (χ3v) is 5.14. The van der Waals surface area contributed by atoms with Crippen molar-refractivity contribution in [3.8, 4) is 5.75 Å². The van der Waals surface area contributed by atoms with Crippen LogP contribution in [0.4, 0.5) is 4.39 Å². The molecule has 3 rings (SSSR count). The average Bonchev–Trinajstić information content (AvgIpc) is 2.73. The minimum atomic E-state index is -0.372. The number of carbonyl (C=O) groups is 2. The summed E-state index contributed by atoms with van der Waals surface area (Å²) in [6, 6.07) is 12.2. The second-order valence-corrected chi connectivity index (χ2v) is 7.12. The summed E-state index contributed by atoms with van der Waals surface area (Å²) in [5, 5.41) is 2.71. The number of amides is 2. The lowest BCUT2D eigenvalue weighted by Crippen LogP contribution is -2.50. The molecule has 0 atom stereocenters. The first-order chi connectivity index (χ1) is 14.0. The van der Waals surface area contributed by atoms with Crippen LogP contribution >= 0.6 is 0 Å². The lowest BCUT2D eigenvalue weighted by atomic mass is 10.1. The smallest absolute Gasteiger partial charge is 0.251 e. The number of hydrogen-bond acceptors (Lipinski definition) is 4.